The van der Waals surface area contributed by atoms with Crippen LogP contribution in [0.25, 0.3) is 0 Å². The van der Waals surface area contributed by atoms with E-state index in [9.17, 15) is 13.2 Å². The van der Waals surface area contributed by atoms with Crippen molar-refractivity contribution in [2.75, 3.05) is 6.54 Å². The Bertz CT molecular complexity index is 623. The second-order valence-corrected chi connectivity index (χ2v) is 5.90. The van der Waals surface area contributed by atoms with Gasteiger partial charge in [0.1, 0.15) is 0 Å². The Balaban J connectivity index is 2.38. The average molecular weight is 311 g/mol. The lowest BCUT2D eigenvalue weighted by atomic mass is 10.1. The fraction of sp³-hybridized carbons (Fsp3) is 0.250. The summed E-state index contributed by atoms with van der Waals surface area (Å²) in [7, 11) is 0. The first kappa shape index (κ1) is 15.9. The van der Waals surface area contributed by atoms with Crippen LogP contribution in [0.2, 0.25) is 0 Å². The lowest BCUT2D eigenvalue weighted by molar-refractivity contribution is -0.139. The molecule has 21 heavy (non-hydrogen) atoms. The lowest BCUT2D eigenvalue weighted by Gasteiger charge is -2.14. The van der Waals surface area contributed by atoms with Crippen molar-refractivity contribution in [1.82, 2.24) is 0 Å². The van der Waals surface area contributed by atoms with Crippen molar-refractivity contribution in [3.8, 4) is 0 Å². The Morgan fingerprint density at radius 1 is 1.10 bits per heavy atom. The first-order valence-corrected chi connectivity index (χ1v) is 7.36. The molecule has 5 heteroatoms. The van der Waals surface area contributed by atoms with Crippen LogP contribution < -0.4 is 5.73 Å². The van der Waals surface area contributed by atoms with Gasteiger partial charge in [-0.2, -0.15) is 13.2 Å². The summed E-state index contributed by atoms with van der Waals surface area (Å²) in [6.07, 6.45) is -3.92. The summed E-state index contributed by atoms with van der Waals surface area (Å²) in [5.74, 6) is 0. The van der Waals surface area contributed by atoms with Gasteiger partial charge >= 0.3 is 6.18 Å². The molecule has 0 aromatic heterocycles. The molecule has 0 atom stereocenters. The van der Waals surface area contributed by atoms with Gasteiger partial charge in [0, 0.05) is 9.79 Å². The molecule has 0 heterocycles. The predicted octanol–water partition coefficient (Wildman–Crippen LogP) is 4.67. The molecule has 2 aromatic rings. The zero-order valence-corrected chi connectivity index (χ0v) is 12.4. The van der Waals surface area contributed by atoms with Gasteiger partial charge < -0.3 is 5.73 Å². The van der Waals surface area contributed by atoms with Gasteiger partial charge in [-0.25, -0.2) is 0 Å². The molecule has 1 nitrogen and oxygen atoms in total. The van der Waals surface area contributed by atoms with Crippen molar-refractivity contribution >= 4 is 11.8 Å². The van der Waals surface area contributed by atoms with Crippen LogP contribution >= 0.6 is 11.8 Å². The summed E-state index contributed by atoms with van der Waals surface area (Å²) < 4.78 is 39.6. The molecule has 2 rings (SSSR count). The van der Waals surface area contributed by atoms with Gasteiger partial charge in [-0.3, -0.25) is 0 Å². The molecule has 0 aliphatic heterocycles. The molecule has 0 saturated heterocycles. The van der Waals surface area contributed by atoms with Crippen LogP contribution in [0.3, 0.4) is 0 Å². The SMILES string of the molecule is Cc1cccc(Sc2ccc(CCN)cc2C(F)(F)F)c1. The van der Waals surface area contributed by atoms with Gasteiger partial charge in [0.15, 0.2) is 0 Å². The molecular formula is C16H16F3NS. The summed E-state index contributed by atoms with van der Waals surface area (Å²) in [5.41, 5.74) is 6.45. The molecule has 0 unspecified atom stereocenters. The number of halogens is 3. The van der Waals surface area contributed by atoms with Gasteiger partial charge in [-0.1, -0.05) is 35.5 Å². The molecule has 2 N–H and O–H groups in total. The van der Waals surface area contributed by atoms with Gasteiger partial charge in [0.05, 0.1) is 5.56 Å². The van der Waals surface area contributed by atoms with Crippen LogP contribution in [-0.2, 0) is 12.6 Å². The third-order valence-electron chi connectivity index (χ3n) is 3.00. The minimum Gasteiger partial charge on any atom is -0.330 e. The first-order valence-electron chi connectivity index (χ1n) is 6.55. The summed E-state index contributed by atoms with van der Waals surface area (Å²) in [6, 6.07) is 11.9. The minimum atomic E-state index is -4.36. The van der Waals surface area contributed by atoms with Gasteiger partial charge in [-0.05, 0) is 49.7 Å². The second kappa shape index (κ2) is 6.54. The van der Waals surface area contributed by atoms with Crippen LogP contribution in [-0.4, -0.2) is 6.54 Å². The Labute approximate surface area is 126 Å². The molecule has 2 aromatic carbocycles. The molecule has 0 aliphatic carbocycles. The van der Waals surface area contributed by atoms with Crippen molar-refractivity contribution in [3.63, 3.8) is 0 Å². The molecule has 0 fully saturated rings. The number of benzene rings is 2. The largest absolute Gasteiger partial charge is 0.417 e. The van der Waals surface area contributed by atoms with Gasteiger partial charge in [-0.15, -0.1) is 0 Å². The lowest BCUT2D eigenvalue weighted by Crippen LogP contribution is -2.09. The van der Waals surface area contributed by atoms with Crippen LogP contribution in [0, 0.1) is 6.92 Å². The molecule has 0 amide bonds. The fourth-order valence-corrected chi connectivity index (χ4v) is 3.08. The predicted molar refractivity (Wildman–Crippen MR) is 79.5 cm³/mol. The zero-order valence-electron chi connectivity index (χ0n) is 11.6. The highest BCUT2D eigenvalue weighted by atomic mass is 32.2. The Morgan fingerprint density at radius 2 is 1.86 bits per heavy atom. The number of nitrogens with two attached hydrogens (primary N) is 1. The second-order valence-electron chi connectivity index (χ2n) is 4.79. The number of hydrogen-bond donors (Lipinski definition) is 1. The van der Waals surface area contributed by atoms with E-state index in [2.05, 4.69) is 0 Å². The van der Waals surface area contributed by atoms with E-state index in [4.69, 9.17) is 5.73 Å². The maximum atomic E-state index is 13.2. The summed E-state index contributed by atoms with van der Waals surface area (Å²) >= 11 is 1.13. The summed E-state index contributed by atoms with van der Waals surface area (Å²) in [4.78, 5) is 1.01. The van der Waals surface area contributed by atoms with Crippen LogP contribution in [0.4, 0.5) is 13.2 Å². The topological polar surface area (TPSA) is 26.0 Å². The van der Waals surface area contributed by atoms with E-state index < -0.39 is 11.7 Å². The van der Waals surface area contributed by atoms with E-state index in [-0.39, 0.29) is 4.90 Å². The number of aryl methyl sites for hydroxylation is 1. The maximum Gasteiger partial charge on any atom is 0.417 e. The molecular weight excluding hydrogens is 295 g/mol. The van der Waals surface area contributed by atoms with Crippen molar-refractivity contribution in [1.29, 1.82) is 0 Å². The Morgan fingerprint density at radius 3 is 2.48 bits per heavy atom. The quantitative estimate of drug-likeness (QED) is 0.888. The molecule has 0 saturated carbocycles. The third-order valence-corrected chi connectivity index (χ3v) is 4.07. The van der Waals surface area contributed by atoms with Crippen LogP contribution in [0.5, 0.6) is 0 Å². The average Bonchev–Trinajstić information content (AvgIpc) is 2.39. The summed E-state index contributed by atoms with van der Waals surface area (Å²) in [5, 5.41) is 0. The zero-order chi connectivity index (χ0) is 15.5. The van der Waals surface area contributed by atoms with E-state index in [1.54, 1.807) is 6.07 Å². The minimum absolute atomic E-state index is 0.217. The molecule has 0 spiro atoms. The van der Waals surface area contributed by atoms with Crippen LogP contribution in [0.1, 0.15) is 16.7 Å². The normalized spacial score (nSPS) is 11.7. The maximum absolute atomic E-state index is 13.2. The third kappa shape index (κ3) is 4.25. The van der Waals surface area contributed by atoms with Gasteiger partial charge in [0.25, 0.3) is 0 Å². The summed E-state index contributed by atoms with van der Waals surface area (Å²) in [6.45, 7) is 2.25. The van der Waals surface area contributed by atoms with E-state index in [0.717, 1.165) is 22.2 Å². The fourth-order valence-electron chi connectivity index (χ4n) is 2.02. The van der Waals surface area contributed by atoms with E-state index in [1.165, 1.54) is 12.1 Å². The van der Waals surface area contributed by atoms with Crippen molar-refractivity contribution in [2.45, 2.75) is 29.3 Å². The smallest absolute Gasteiger partial charge is 0.330 e. The molecule has 0 aliphatic rings. The highest BCUT2D eigenvalue weighted by molar-refractivity contribution is 7.99. The van der Waals surface area contributed by atoms with Crippen molar-refractivity contribution in [3.05, 3.63) is 59.2 Å². The molecule has 0 radical (unpaired) electrons. The van der Waals surface area contributed by atoms with E-state index in [0.29, 0.717) is 18.5 Å². The van der Waals surface area contributed by atoms with Crippen molar-refractivity contribution in [2.24, 2.45) is 5.73 Å². The van der Waals surface area contributed by atoms with E-state index in [1.807, 2.05) is 31.2 Å². The standard InChI is InChI=1S/C16H16F3NS/c1-11-3-2-4-13(9-11)21-15-6-5-12(7-8-20)10-14(15)16(17,18)19/h2-6,9-10H,7-8,20H2,1H3. The monoisotopic (exact) mass is 311 g/mol. The number of rotatable bonds is 4. The number of alkyl halides is 3. The molecule has 112 valence electrons. The highest BCUT2D eigenvalue weighted by Gasteiger charge is 2.33. The Hall–Kier alpha value is -1.46. The van der Waals surface area contributed by atoms with Gasteiger partial charge in [0.2, 0.25) is 0 Å². The Kier molecular flexibility index (Phi) is 4.96. The van der Waals surface area contributed by atoms with Crippen LogP contribution in [0.15, 0.2) is 52.3 Å². The molecule has 0 bridgehead atoms. The number of hydrogen-bond acceptors (Lipinski definition) is 2. The van der Waals surface area contributed by atoms with Crippen molar-refractivity contribution < 1.29 is 13.2 Å². The first-order chi connectivity index (χ1) is 9.90. The highest BCUT2D eigenvalue weighted by Crippen LogP contribution is 2.40. The van der Waals surface area contributed by atoms with E-state index >= 15 is 0 Å².